The van der Waals surface area contributed by atoms with Gasteiger partial charge in [0.2, 0.25) is 0 Å². The van der Waals surface area contributed by atoms with Crippen LogP contribution in [0.5, 0.6) is 0 Å². The highest BCUT2D eigenvalue weighted by atomic mass is 16.3. The van der Waals surface area contributed by atoms with Crippen molar-refractivity contribution in [3.05, 3.63) is 53.5 Å². The molecule has 0 saturated heterocycles. The summed E-state index contributed by atoms with van der Waals surface area (Å²) in [5.41, 5.74) is 1.55. The summed E-state index contributed by atoms with van der Waals surface area (Å²) in [5.74, 6) is 1.72. The number of anilines is 1. The third kappa shape index (κ3) is 3.41. The van der Waals surface area contributed by atoms with E-state index in [0.29, 0.717) is 12.1 Å². The number of benzene rings is 1. The van der Waals surface area contributed by atoms with Gasteiger partial charge in [-0.05, 0) is 51.1 Å². The quantitative estimate of drug-likeness (QED) is 0.875. The van der Waals surface area contributed by atoms with Crippen LogP contribution in [0, 0.1) is 6.92 Å². The molecule has 0 aliphatic heterocycles. The average molecular weight is 272 g/mol. The third-order valence-corrected chi connectivity index (χ3v) is 3.03. The second-order valence-electron chi connectivity index (χ2n) is 4.75. The van der Waals surface area contributed by atoms with Crippen LogP contribution in [0.15, 0.2) is 40.8 Å². The van der Waals surface area contributed by atoms with Crippen molar-refractivity contribution in [2.24, 2.45) is 0 Å². The number of carbonyl (C=O) groups excluding carboxylic acids is 1. The first kappa shape index (κ1) is 14.2. The predicted octanol–water partition coefficient (Wildman–Crippen LogP) is 3.51. The van der Waals surface area contributed by atoms with Crippen LogP contribution in [0.3, 0.4) is 0 Å². The molecule has 4 heteroatoms. The van der Waals surface area contributed by atoms with Crippen LogP contribution in [0.4, 0.5) is 5.69 Å². The largest absolute Gasteiger partial charge is 0.464 e. The molecule has 0 radical (unpaired) electrons. The summed E-state index contributed by atoms with van der Waals surface area (Å²) in [6, 6.07) is 11.4. The van der Waals surface area contributed by atoms with Gasteiger partial charge in [0.15, 0.2) is 0 Å². The van der Waals surface area contributed by atoms with Gasteiger partial charge in [0.25, 0.3) is 5.91 Å². The molecule has 1 aromatic heterocycles. The molecule has 1 atom stereocenters. The van der Waals surface area contributed by atoms with E-state index in [9.17, 15) is 4.79 Å². The maximum atomic E-state index is 11.8. The molecule has 0 aliphatic carbocycles. The molecule has 1 heterocycles. The van der Waals surface area contributed by atoms with Crippen molar-refractivity contribution >= 4 is 11.6 Å². The summed E-state index contributed by atoms with van der Waals surface area (Å²) < 4.78 is 5.59. The van der Waals surface area contributed by atoms with E-state index in [1.165, 1.54) is 0 Å². The molecule has 0 aliphatic rings. The lowest BCUT2D eigenvalue weighted by molar-refractivity contribution is 0.0956. The maximum absolute atomic E-state index is 11.8. The Morgan fingerprint density at radius 3 is 2.75 bits per heavy atom. The monoisotopic (exact) mass is 272 g/mol. The van der Waals surface area contributed by atoms with Crippen LogP contribution in [0.25, 0.3) is 0 Å². The van der Waals surface area contributed by atoms with Crippen LogP contribution in [0.2, 0.25) is 0 Å². The number of furan rings is 1. The zero-order valence-electron chi connectivity index (χ0n) is 12.1. The summed E-state index contributed by atoms with van der Waals surface area (Å²) >= 11 is 0. The van der Waals surface area contributed by atoms with Gasteiger partial charge in [-0.25, -0.2) is 0 Å². The van der Waals surface area contributed by atoms with Gasteiger partial charge in [-0.2, -0.15) is 0 Å². The SMILES string of the molecule is CCNC(=O)c1cccc(NC(C)c2ccc(C)o2)c1. The van der Waals surface area contributed by atoms with Crippen molar-refractivity contribution in [3.63, 3.8) is 0 Å². The Morgan fingerprint density at radius 1 is 1.30 bits per heavy atom. The van der Waals surface area contributed by atoms with Crippen molar-refractivity contribution in [1.29, 1.82) is 0 Å². The van der Waals surface area contributed by atoms with E-state index >= 15 is 0 Å². The Kier molecular flexibility index (Phi) is 4.45. The van der Waals surface area contributed by atoms with E-state index in [4.69, 9.17) is 4.42 Å². The Hall–Kier alpha value is -2.23. The molecule has 0 saturated carbocycles. The van der Waals surface area contributed by atoms with Gasteiger partial charge in [0, 0.05) is 17.8 Å². The van der Waals surface area contributed by atoms with Crippen molar-refractivity contribution in [2.45, 2.75) is 26.8 Å². The molecule has 1 unspecified atom stereocenters. The van der Waals surface area contributed by atoms with E-state index in [-0.39, 0.29) is 11.9 Å². The van der Waals surface area contributed by atoms with Crippen LogP contribution in [-0.2, 0) is 0 Å². The number of aryl methyl sites for hydroxylation is 1. The van der Waals surface area contributed by atoms with Gasteiger partial charge in [0.05, 0.1) is 6.04 Å². The minimum atomic E-state index is -0.0577. The zero-order valence-corrected chi connectivity index (χ0v) is 12.1. The minimum Gasteiger partial charge on any atom is -0.464 e. The number of hydrogen-bond donors (Lipinski definition) is 2. The molecule has 1 aromatic carbocycles. The number of amides is 1. The molecule has 0 spiro atoms. The summed E-state index contributed by atoms with van der Waals surface area (Å²) in [7, 11) is 0. The average Bonchev–Trinajstić information content (AvgIpc) is 2.86. The van der Waals surface area contributed by atoms with Gasteiger partial charge < -0.3 is 15.1 Å². The fourth-order valence-corrected chi connectivity index (χ4v) is 2.02. The van der Waals surface area contributed by atoms with Gasteiger partial charge >= 0.3 is 0 Å². The maximum Gasteiger partial charge on any atom is 0.251 e. The summed E-state index contributed by atoms with van der Waals surface area (Å²) in [4.78, 5) is 11.8. The van der Waals surface area contributed by atoms with Gasteiger partial charge in [-0.3, -0.25) is 4.79 Å². The lowest BCUT2D eigenvalue weighted by Gasteiger charge is -2.13. The smallest absolute Gasteiger partial charge is 0.251 e. The Bertz CT molecular complexity index is 590. The van der Waals surface area contributed by atoms with Crippen LogP contribution in [0.1, 0.15) is 41.8 Å². The predicted molar refractivity (Wildman–Crippen MR) is 79.9 cm³/mol. The van der Waals surface area contributed by atoms with Gasteiger partial charge in [-0.1, -0.05) is 6.07 Å². The second-order valence-corrected chi connectivity index (χ2v) is 4.75. The highest BCUT2D eigenvalue weighted by molar-refractivity contribution is 5.95. The lowest BCUT2D eigenvalue weighted by atomic mass is 10.1. The highest BCUT2D eigenvalue weighted by Gasteiger charge is 2.10. The summed E-state index contributed by atoms with van der Waals surface area (Å²) in [6.45, 7) is 6.48. The Labute approximate surface area is 119 Å². The number of nitrogens with one attached hydrogen (secondary N) is 2. The topological polar surface area (TPSA) is 54.3 Å². The fraction of sp³-hybridized carbons (Fsp3) is 0.312. The van der Waals surface area contributed by atoms with Crippen LogP contribution < -0.4 is 10.6 Å². The second kappa shape index (κ2) is 6.28. The number of carbonyl (C=O) groups is 1. The summed E-state index contributed by atoms with van der Waals surface area (Å²) in [5, 5.41) is 6.13. The normalized spacial score (nSPS) is 11.9. The van der Waals surface area contributed by atoms with E-state index < -0.39 is 0 Å². The fourth-order valence-electron chi connectivity index (χ4n) is 2.02. The van der Waals surface area contributed by atoms with Gasteiger partial charge in [-0.15, -0.1) is 0 Å². The van der Waals surface area contributed by atoms with E-state index in [0.717, 1.165) is 17.2 Å². The van der Waals surface area contributed by atoms with E-state index in [1.807, 2.05) is 51.1 Å². The lowest BCUT2D eigenvalue weighted by Crippen LogP contribution is -2.22. The summed E-state index contributed by atoms with van der Waals surface area (Å²) in [6.07, 6.45) is 0. The van der Waals surface area contributed by atoms with Crippen LogP contribution in [-0.4, -0.2) is 12.5 Å². The highest BCUT2D eigenvalue weighted by Crippen LogP contribution is 2.21. The minimum absolute atomic E-state index is 0.0492. The molecule has 2 rings (SSSR count). The molecule has 106 valence electrons. The van der Waals surface area contributed by atoms with Crippen molar-refractivity contribution in [1.82, 2.24) is 5.32 Å². The first-order valence-electron chi connectivity index (χ1n) is 6.81. The van der Waals surface area contributed by atoms with Gasteiger partial charge in [0.1, 0.15) is 11.5 Å². The molecular weight excluding hydrogens is 252 g/mol. The third-order valence-electron chi connectivity index (χ3n) is 3.03. The molecule has 0 bridgehead atoms. The molecule has 1 amide bonds. The van der Waals surface area contributed by atoms with Crippen molar-refractivity contribution in [3.8, 4) is 0 Å². The number of rotatable bonds is 5. The standard InChI is InChI=1S/C16H20N2O2/c1-4-17-16(19)13-6-5-7-14(10-13)18-12(3)15-9-8-11(2)20-15/h5-10,12,18H,4H2,1-3H3,(H,17,19). The zero-order chi connectivity index (χ0) is 14.5. The van der Waals surface area contributed by atoms with Crippen molar-refractivity contribution < 1.29 is 9.21 Å². The Morgan fingerprint density at radius 2 is 2.10 bits per heavy atom. The Balaban J connectivity index is 2.09. The van der Waals surface area contributed by atoms with Crippen molar-refractivity contribution in [2.75, 3.05) is 11.9 Å². The van der Waals surface area contributed by atoms with E-state index in [2.05, 4.69) is 10.6 Å². The molecule has 20 heavy (non-hydrogen) atoms. The van der Waals surface area contributed by atoms with Crippen LogP contribution >= 0.6 is 0 Å². The number of hydrogen-bond acceptors (Lipinski definition) is 3. The first-order valence-corrected chi connectivity index (χ1v) is 6.81. The molecular formula is C16H20N2O2. The molecule has 2 N–H and O–H groups in total. The molecule has 2 aromatic rings. The first-order chi connectivity index (χ1) is 9.60. The molecule has 0 fully saturated rings. The van der Waals surface area contributed by atoms with E-state index in [1.54, 1.807) is 6.07 Å². The molecule has 4 nitrogen and oxygen atoms in total.